The molecule has 0 saturated heterocycles. The molecule has 1 N–H and O–H groups in total. The number of nitro benzene ring substituents is 1. The van der Waals surface area contributed by atoms with E-state index in [1.165, 1.54) is 11.5 Å². The highest BCUT2D eigenvalue weighted by Gasteiger charge is 2.21. The van der Waals surface area contributed by atoms with Gasteiger partial charge in [0.15, 0.2) is 0 Å². The van der Waals surface area contributed by atoms with E-state index < -0.39 is 4.92 Å². The number of hydrogen-bond acceptors (Lipinski definition) is 3. The lowest BCUT2D eigenvalue weighted by atomic mass is 10.1. The lowest BCUT2D eigenvalue weighted by molar-refractivity contribution is -0.384. The van der Waals surface area contributed by atoms with Gasteiger partial charge in [-0.15, -0.1) is 0 Å². The first-order chi connectivity index (χ1) is 12.6. The average molecular weight is 386 g/mol. The Kier molecular flexibility index (Phi) is 5.51. The van der Waals surface area contributed by atoms with E-state index in [1.54, 1.807) is 24.5 Å². The number of aromatic nitrogens is 2. The predicted molar refractivity (Wildman–Crippen MR) is 105 cm³/mol. The zero-order valence-corrected chi connectivity index (χ0v) is 14.9. The molecule has 2 heterocycles. The summed E-state index contributed by atoms with van der Waals surface area (Å²) < 4.78 is 0. The largest absolute Gasteiger partial charge is 0.366 e. The number of fused-ring (bicyclic) bond motifs is 1. The molecule has 0 spiro atoms. The maximum Gasteiger partial charge on any atom is 0.295 e. The molecule has 0 aliphatic heterocycles. The van der Waals surface area contributed by atoms with Crippen molar-refractivity contribution in [2.75, 3.05) is 0 Å². The summed E-state index contributed by atoms with van der Waals surface area (Å²) in [4.78, 5) is 17.4. The van der Waals surface area contributed by atoms with Crippen LogP contribution in [0.15, 0.2) is 73.2 Å². The topological polar surface area (TPSA) is 71.8 Å². The lowest BCUT2D eigenvalue weighted by Gasteiger charge is -2.02. The number of aromatic amines is 1. The lowest BCUT2D eigenvalue weighted by Crippen LogP contribution is -1.92. The second-order valence-electron chi connectivity index (χ2n) is 5.31. The second kappa shape index (κ2) is 7.99. The van der Waals surface area contributed by atoms with E-state index >= 15 is 0 Å². The van der Waals surface area contributed by atoms with Crippen molar-refractivity contribution in [2.24, 2.45) is 0 Å². The standard InChI is InChI=1S/C10H6Cl2N2O2.C9H7N/c11-8-3-1-2-6(10(8)14(15)16)7-4-13-5-9(7)12;1-2-6-9-8(4-1)5-3-7-10-9/h1-5,13H;1-7H. The molecule has 0 bridgehead atoms. The minimum Gasteiger partial charge on any atom is -0.366 e. The Bertz CT molecular complexity index is 998. The van der Waals surface area contributed by atoms with E-state index in [9.17, 15) is 10.1 Å². The van der Waals surface area contributed by atoms with Gasteiger partial charge in [0.25, 0.3) is 5.69 Å². The molecule has 0 atom stereocenters. The van der Waals surface area contributed by atoms with E-state index in [4.69, 9.17) is 23.2 Å². The van der Waals surface area contributed by atoms with Crippen LogP contribution in [0.3, 0.4) is 0 Å². The first-order valence-corrected chi connectivity index (χ1v) is 8.39. The van der Waals surface area contributed by atoms with Crippen molar-refractivity contribution in [3.05, 3.63) is 93.3 Å². The number of nitro groups is 1. The van der Waals surface area contributed by atoms with Crippen LogP contribution in [0, 0.1) is 10.1 Å². The molecule has 7 heteroatoms. The second-order valence-corrected chi connectivity index (χ2v) is 6.12. The number of rotatable bonds is 2. The fourth-order valence-electron chi connectivity index (χ4n) is 2.49. The molecule has 5 nitrogen and oxygen atoms in total. The van der Waals surface area contributed by atoms with Gasteiger partial charge in [-0.3, -0.25) is 15.1 Å². The van der Waals surface area contributed by atoms with Gasteiger partial charge in [-0.1, -0.05) is 53.5 Å². The number of nitrogens with one attached hydrogen (secondary N) is 1. The number of hydrogen-bond donors (Lipinski definition) is 1. The van der Waals surface area contributed by atoms with Crippen molar-refractivity contribution in [2.45, 2.75) is 0 Å². The first-order valence-electron chi connectivity index (χ1n) is 7.63. The Hall–Kier alpha value is -2.89. The minimum atomic E-state index is -0.513. The highest BCUT2D eigenvalue weighted by atomic mass is 35.5. The Morgan fingerprint density at radius 2 is 1.65 bits per heavy atom. The molecule has 0 unspecified atom stereocenters. The molecule has 0 radical (unpaired) electrons. The van der Waals surface area contributed by atoms with Crippen molar-refractivity contribution >= 4 is 39.8 Å². The van der Waals surface area contributed by atoms with Gasteiger partial charge in [-0.05, 0) is 24.3 Å². The average Bonchev–Trinajstić information content (AvgIpc) is 3.07. The fraction of sp³-hybridized carbons (Fsp3) is 0. The molecule has 0 fully saturated rings. The van der Waals surface area contributed by atoms with Crippen molar-refractivity contribution in [3.63, 3.8) is 0 Å². The Morgan fingerprint density at radius 3 is 2.35 bits per heavy atom. The van der Waals surface area contributed by atoms with Crippen LogP contribution in [0.4, 0.5) is 5.69 Å². The maximum atomic E-state index is 10.9. The Labute approximate surface area is 159 Å². The van der Waals surface area contributed by atoms with Gasteiger partial charge in [-0.25, -0.2) is 0 Å². The number of nitrogens with zero attached hydrogens (tertiary/aromatic N) is 2. The van der Waals surface area contributed by atoms with Crippen LogP contribution in [-0.4, -0.2) is 14.9 Å². The molecule has 0 amide bonds. The van der Waals surface area contributed by atoms with Crippen LogP contribution >= 0.6 is 23.2 Å². The van der Waals surface area contributed by atoms with Gasteiger partial charge in [0.1, 0.15) is 5.02 Å². The molecular formula is C19H13Cl2N3O2. The summed E-state index contributed by atoms with van der Waals surface area (Å²) in [5.74, 6) is 0. The van der Waals surface area contributed by atoms with Gasteiger partial charge >= 0.3 is 0 Å². The van der Waals surface area contributed by atoms with Gasteiger partial charge in [0.2, 0.25) is 0 Å². The van der Waals surface area contributed by atoms with Gasteiger partial charge in [0, 0.05) is 29.5 Å². The molecule has 0 aliphatic rings. The van der Waals surface area contributed by atoms with Gasteiger partial charge in [-0.2, -0.15) is 0 Å². The summed E-state index contributed by atoms with van der Waals surface area (Å²) >= 11 is 11.7. The molecule has 2 aromatic heterocycles. The monoisotopic (exact) mass is 385 g/mol. The number of pyridine rings is 1. The van der Waals surface area contributed by atoms with E-state index in [0.717, 1.165) is 5.52 Å². The molecule has 2 aromatic carbocycles. The number of halogens is 2. The van der Waals surface area contributed by atoms with E-state index in [2.05, 4.69) is 22.1 Å². The predicted octanol–water partition coefficient (Wildman–Crippen LogP) is 6.13. The van der Waals surface area contributed by atoms with Crippen LogP contribution in [0.2, 0.25) is 10.0 Å². The summed E-state index contributed by atoms with van der Waals surface area (Å²) in [6.45, 7) is 0. The quantitative estimate of drug-likeness (QED) is 0.333. The molecular weight excluding hydrogens is 373 g/mol. The fourth-order valence-corrected chi connectivity index (χ4v) is 2.95. The Balaban J connectivity index is 0.000000167. The van der Waals surface area contributed by atoms with Crippen molar-refractivity contribution in [1.29, 1.82) is 0 Å². The molecule has 4 rings (SSSR count). The van der Waals surface area contributed by atoms with E-state index in [0.29, 0.717) is 16.1 Å². The zero-order chi connectivity index (χ0) is 18.5. The highest BCUT2D eigenvalue weighted by Crippen LogP contribution is 2.38. The van der Waals surface area contributed by atoms with Crippen LogP contribution in [0.25, 0.3) is 22.0 Å². The first kappa shape index (κ1) is 17.9. The molecule has 26 heavy (non-hydrogen) atoms. The van der Waals surface area contributed by atoms with Crippen molar-refractivity contribution < 1.29 is 4.92 Å². The van der Waals surface area contributed by atoms with Crippen LogP contribution in [-0.2, 0) is 0 Å². The zero-order valence-electron chi connectivity index (χ0n) is 13.4. The van der Waals surface area contributed by atoms with Crippen molar-refractivity contribution in [3.8, 4) is 11.1 Å². The van der Waals surface area contributed by atoms with Gasteiger partial charge < -0.3 is 4.98 Å². The summed E-state index contributed by atoms with van der Waals surface area (Å²) in [6.07, 6.45) is 4.96. The molecule has 0 aliphatic carbocycles. The summed E-state index contributed by atoms with van der Waals surface area (Å²) in [5, 5.41) is 12.6. The van der Waals surface area contributed by atoms with Crippen LogP contribution in [0.1, 0.15) is 0 Å². The number of benzene rings is 2. The number of para-hydroxylation sites is 2. The smallest absolute Gasteiger partial charge is 0.295 e. The SMILES string of the molecule is O=[N+]([O-])c1c(Cl)cccc1-c1c[nH]cc1Cl.c1ccc2ncccc2c1. The Morgan fingerprint density at radius 1 is 0.885 bits per heavy atom. The summed E-state index contributed by atoms with van der Waals surface area (Å²) in [7, 11) is 0. The van der Waals surface area contributed by atoms with E-state index in [1.807, 2.05) is 30.5 Å². The van der Waals surface area contributed by atoms with Crippen molar-refractivity contribution in [1.82, 2.24) is 9.97 Å². The highest BCUT2D eigenvalue weighted by molar-refractivity contribution is 6.35. The third-order valence-corrected chi connectivity index (χ3v) is 4.28. The third kappa shape index (κ3) is 3.85. The van der Waals surface area contributed by atoms with Crippen LogP contribution in [0.5, 0.6) is 0 Å². The minimum absolute atomic E-state index is 0.0970. The third-order valence-electron chi connectivity index (χ3n) is 3.67. The normalized spacial score (nSPS) is 10.2. The molecule has 130 valence electrons. The molecule has 4 aromatic rings. The van der Waals surface area contributed by atoms with Crippen LogP contribution < -0.4 is 0 Å². The van der Waals surface area contributed by atoms with Gasteiger partial charge in [0.05, 0.1) is 21.0 Å². The summed E-state index contributed by atoms with van der Waals surface area (Å²) in [6, 6.07) is 16.8. The van der Waals surface area contributed by atoms with E-state index in [-0.39, 0.29) is 10.7 Å². The summed E-state index contributed by atoms with van der Waals surface area (Å²) in [5.41, 5.74) is 1.90. The molecule has 0 saturated carbocycles. The maximum absolute atomic E-state index is 10.9. The number of H-pyrrole nitrogens is 1.